The second-order valence-corrected chi connectivity index (χ2v) is 4.29. The van der Waals surface area contributed by atoms with E-state index >= 15 is 0 Å². The van der Waals surface area contributed by atoms with E-state index in [1.54, 1.807) is 28.5 Å². The number of hydrogen-bond acceptors (Lipinski definition) is 3. The SMILES string of the molecule is C[C@@H](NCC(=O)NCC(F)(F)F)[C@H](C)n1cccn1. The molecule has 1 amide bonds. The van der Waals surface area contributed by atoms with Crippen LogP contribution in [-0.2, 0) is 4.79 Å². The Morgan fingerprint density at radius 2 is 2.11 bits per heavy atom. The van der Waals surface area contributed by atoms with Gasteiger partial charge in [0.2, 0.25) is 5.91 Å². The zero-order valence-electron chi connectivity index (χ0n) is 10.7. The summed E-state index contributed by atoms with van der Waals surface area (Å²) in [4.78, 5) is 11.2. The van der Waals surface area contributed by atoms with Gasteiger partial charge in [0, 0.05) is 18.4 Å². The number of amides is 1. The largest absolute Gasteiger partial charge is 0.405 e. The predicted octanol–water partition coefficient (Wildman–Crippen LogP) is 1.10. The van der Waals surface area contributed by atoms with Crippen LogP contribution in [-0.4, -0.2) is 41.0 Å². The van der Waals surface area contributed by atoms with E-state index in [1.165, 1.54) is 0 Å². The Morgan fingerprint density at radius 1 is 1.42 bits per heavy atom. The molecule has 0 unspecified atom stereocenters. The molecule has 0 radical (unpaired) electrons. The van der Waals surface area contributed by atoms with Crippen LogP contribution in [0, 0.1) is 0 Å². The van der Waals surface area contributed by atoms with Crippen molar-refractivity contribution in [2.24, 2.45) is 0 Å². The van der Waals surface area contributed by atoms with E-state index in [0.29, 0.717) is 0 Å². The monoisotopic (exact) mass is 278 g/mol. The molecule has 0 fully saturated rings. The van der Waals surface area contributed by atoms with Gasteiger partial charge in [0.1, 0.15) is 6.54 Å². The standard InChI is InChI=1S/C11H17F3N4O/c1-8(9(2)18-5-3-4-17-18)15-6-10(19)16-7-11(12,13)14/h3-5,8-9,15H,6-7H2,1-2H3,(H,16,19)/t8-,9+/m1/s1. The second-order valence-electron chi connectivity index (χ2n) is 4.29. The van der Waals surface area contributed by atoms with Crippen molar-refractivity contribution in [3.8, 4) is 0 Å². The molecule has 0 aliphatic rings. The van der Waals surface area contributed by atoms with Crippen molar-refractivity contribution in [3.05, 3.63) is 18.5 Å². The molecule has 0 aliphatic carbocycles. The molecule has 2 atom stereocenters. The number of rotatable bonds is 6. The Morgan fingerprint density at radius 3 is 2.63 bits per heavy atom. The van der Waals surface area contributed by atoms with Crippen molar-refractivity contribution < 1.29 is 18.0 Å². The molecule has 0 aliphatic heterocycles. The molecule has 0 bridgehead atoms. The summed E-state index contributed by atoms with van der Waals surface area (Å²) >= 11 is 0. The minimum Gasteiger partial charge on any atom is -0.346 e. The van der Waals surface area contributed by atoms with Gasteiger partial charge < -0.3 is 10.6 Å². The molecule has 0 saturated carbocycles. The third kappa shape index (κ3) is 5.73. The van der Waals surface area contributed by atoms with Crippen LogP contribution in [0.15, 0.2) is 18.5 Å². The van der Waals surface area contributed by atoms with E-state index in [2.05, 4.69) is 10.4 Å². The van der Waals surface area contributed by atoms with Gasteiger partial charge in [-0.25, -0.2) is 0 Å². The number of carbonyl (C=O) groups excluding carboxylic acids is 1. The maximum atomic E-state index is 11.9. The van der Waals surface area contributed by atoms with E-state index in [1.807, 2.05) is 13.8 Å². The van der Waals surface area contributed by atoms with Crippen molar-refractivity contribution in [3.63, 3.8) is 0 Å². The number of alkyl halides is 3. The van der Waals surface area contributed by atoms with Crippen LogP contribution in [0.25, 0.3) is 0 Å². The van der Waals surface area contributed by atoms with Gasteiger partial charge in [-0.15, -0.1) is 0 Å². The van der Waals surface area contributed by atoms with E-state index < -0.39 is 18.6 Å². The lowest BCUT2D eigenvalue weighted by atomic mass is 10.2. The van der Waals surface area contributed by atoms with Crippen LogP contribution in [0.1, 0.15) is 19.9 Å². The first kappa shape index (κ1) is 15.5. The van der Waals surface area contributed by atoms with Gasteiger partial charge in [0.05, 0.1) is 12.6 Å². The number of halogens is 3. The Hall–Kier alpha value is -1.57. The Balaban J connectivity index is 2.30. The van der Waals surface area contributed by atoms with Gasteiger partial charge in [-0.3, -0.25) is 9.48 Å². The summed E-state index contributed by atoms with van der Waals surface area (Å²) in [6.45, 7) is 2.27. The van der Waals surface area contributed by atoms with Gasteiger partial charge in [-0.05, 0) is 19.9 Å². The summed E-state index contributed by atoms with van der Waals surface area (Å²) in [7, 11) is 0. The van der Waals surface area contributed by atoms with Gasteiger partial charge in [0.25, 0.3) is 0 Å². The fourth-order valence-electron chi connectivity index (χ4n) is 1.44. The molecule has 0 aromatic carbocycles. The smallest absolute Gasteiger partial charge is 0.346 e. The Kier molecular flexibility index (Phi) is 5.34. The molecule has 2 N–H and O–H groups in total. The van der Waals surface area contributed by atoms with Crippen molar-refractivity contribution in [1.29, 1.82) is 0 Å². The molecule has 0 saturated heterocycles. The summed E-state index contributed by atoms with van der Waals surface area (Å²) in [6.07, 6.45) is -0.963. The van der Waals surface area contributed by atoms with E-state index in [4.69, 9.17) is 0 Å². The lowest BCUT2D eigenvalue weighted by molar-refractivity contribution is -0.138. The number of carbonyl (C=O) groups is 1. The van der Waals surface area contributed by atoms with Crippen LogP contribution in [0.3, 0.4) is 0 Å². The maximum absolute atomic E-state index is 11.9. The highest BCUT2D eigenvalue weighted by molar-refractivity contribution is 5.78. The summed E-state index contributed by atoms with van der Waals surface area (Å²) < 4.78 is 37.4. The molecule has 1 aromatic heterocycles. The first-order valence-electron chi connectivity index (χ1n) is 5.85. The number of nitrogens with one attached hydrogen (secondary N) is 2. The minimum absolute atomic E-state index is 0.00887. The highest BCUT2D eigenvalue weighted by atomic mass is 19.4. The fourth-order valence-corrected chi connectivity index (χ4v) is 1.44. The second kappa shape index (κ2) is 6.55. The van der Waals surface area contributed by atoms with Crippen molar-refractivity contribution >= 4 is 5.91 Å². The first-order chi connectivity index (χ1) is 8.79. The van der Waals surface area contributed by atoms with Crippen molar-refractivity contribution in [2.45, 2.75) is 32.1 Å². The topological polar surface area (TPSA) is 59.0 Å². The summed E-state index contributed by atoms with van der Waals surface area (Å²) in [5.41, 5.74) is 0. The van der Waals surface area contributed by atoms with Crippen molar-refractivity contribution in [1.82, 2.24) is 20.4 Å². The summed E-state index contributed by atoms with van der Waals surface area (Å²) in [6, 6.07) is 1.67. The van der Waals surface area contributed by atoms with Gasteiger partial charge in [0.15, 0.2) is 0 Å². The van der Waals surface area contributed by atoms with Gasteiger partial charge in [-0.2, -0.15) is 18.3 Å². The van der Waals surface area contributed by atoms with E-state index in [-0.39, 0.29) is 18.6 Å². The quantitative estimate of drug-likeness (QED) is 0.819. The summed E-state index contributed by atoms with van der Waals surface area (Å²) in [5, 5.41) is 8.73. The summed E-state index contributed by atoms with van der Waals surface area (Å²) in [5.74, 6) is -0.683. The fraction of sp³-hybridized carbons (Fsp3) is 0.636. The first-order valence-corrected chi connectivity index (χ1v) is 5.85. The normalized spacial score (nSPS) is 15.0. The minimum atomic E-state index is -4.39. The molecule has 1 heterocycles. The number of nitrogens with zero attached hydrogens (tertiary/aromatic N) is 2. The molecular weight excluding hydrogens is 261 g/mol. The molecule has 8 heteroatoms. The number of aromatic nitrogens is 2. The lowest BCUT2D eigenvalue weighted by Crippen LogP contribution is -2.43. The van der Waals surface area contributed by atoms with Gasteiger partial charge in [-0.1, -0.05) is 0 Å². The molecular formula is C11H17F3N4O. The van der Waals surface area contributed by atoms with Crippen LogP contribution >= 0.6 is 0 Å². The molecule has 1 aromatic rings. The third-order valence-corrected chi connectivity index (χ3v) is 2.74. The Labute approximate surface area is 109 Å². The van der Waals surface area contributed by atoms with E-state index in [9.17, 15) is 18.0 Å². The van der Waals surface area contributed by atoms with Crippen LogP contribution < -0.4 is 10.6 Å². The Bertz CT molecular complexity index is 391. The highest BCUT2D eigenvalue weighted by Gasteiger charge is 2.27. The van der Waals surface area contributed by atoms with Crippen molar-refractivity contribution in [2.75, 3.05) is 13.1 Å². The van der Waals surface area contributed by atoms with Crippen LogP contribution in [0.4, 0.5) is 13.2 Å². The number of hydrogen-bond donors (Lipinski definition) is 2. The third-order valence-electron chi connectivity index (χ3n) is 2.74. The average Bonchev–Trinajstić information content (AvgIpc) is 2.85. The van der Waals surface area contributed by atoms with Gasteiger partial charge >= 0.3 is 6.18 Å². The van der Waals surface area contributed by atoms with E-state index in [0.717, 1.165) is 0 Å². The van der Waals surface area contributed by atoms with Crippen LogP contribution in [0.5, 0.6) is 0 Å². The molecule has 19 heavy (non-hydrogen) atoms. The zero-order valence-corrected chi connectivity index (χ0v) is 10.7. The molecule has 1 rings (SSSR count). The van der Waals surface area contributed by atoms with Crippen LogP contribution in [0.2, 0.25) is 0 Å². The predicted molar refractivity (Wildman–Crippen MR) is 63.5 cm³/mol. The maximum Gasteiger partial charge on any atom is 0.405 e. The highest BCUT2D eigenvalue weighted by Crippen LogP contribution is 2.12. The molecule has 5 nitrogen and oxygen atoms in total. The molecule has 0 spiro atoms. The molecule has 108 valence electrons. The zero-order chi connectivity index (χ0) is 14.5. The lowest BCUT2D eigenvalue weighted by Gasteiger charge is -2.21. The average molecular weight is 278 g/mol.